The van der Waals surface area contributed by atoms with Crippen LogP contribution in [0.5, 0.6) is 0 Å². The lowest BCUT2D eigenvalue weighted by Crippen LogP contribution is -2.52. The number of halogens is 5. The summed E-state index contributed by atoms with van der Waals surface area (Å²) in [5.74, 6) is -3.77. The standard InChI is InChI=1S/C31H30F5N3O2/c1-2-3-9-24-26(33)13-12-23-22-11-10-20(32)16-25(22)28(27(23)24)30(41)39(18-31(34,35)36)38-15-14-21(17-38)37-29(40)19-7-5-4-6-8-19/h4-8,10-13,16,21,28H,2-3,9,14-15,17-18H2,1H3,(H,37,40). The molecule has 5 nitrogen and oxygen atoms in total. The Hall–Kier alpha value is -3.79. The molecule has 2 unspecified atom stereocenters. The normalized spacial score (nSPS) is 18.2. The maximum atomic E-state index is 15.2. The molecule has 1 heterocycles. The zero-order valence-electron chi connectivity index (χ0n) is 22.5. The molecule has 0 aromatic heterocycles. The van der Waals surface area contributed by atoms with E-state index in [9.17, 15) is 27.2 Å². The number of alkyl halides is 3. The summed E-state index contributed by atoms with van der Waals surface area (Å²) in [4.78, 5) is 26.8. The first-order valence-corrected chi connectivity index (χ1v) is 13.7. The van der Waals surface area contributed by atoms with E-state index in [1.807, 2.05) is 6.92 Å². The average molecular weight is 572 g/mol. The summed E-state index contributed by atoms with van der Waals surface area (Å²) in [6.45, 7) is 0.422. The second-order valence-corrected chi connectivity index (χ2v) is 10.5. The predicted octanol–water partition coefficient (Wildman–Crippen LogP) is 6.23. The van der Waals surface area contributed by atoms with Crippen molar-refractivity contribution in [3.8, 4) is 11.1 Å². The van der Waals surface area contributed by atoms with Crippen molar-refractivity contribution in [3.63, 3.8) is 0 Å². The van der Waals surface area contributed by atoms with Crippen LogP contribution in [0.2, 0.25) is 0 Å². The van der Waals surface area contributed by atoms with E-state index in [1.165, 1.54) is 29.3 Å². The van der Waals surface area contributed by atoms with Crippen LogP contribution in [0.4, 0.5) is 22.0 Å². The molecule has 5 rings (SSSR count). The van der Waals surface area contributed by atoms with Gasteiger partial charge in [-0.2, -0.15) is 13.2 Å². The molecule has 41 heavy (non-hydrogen) atoms. The van der Waals surface area contributed by atoms with Crippen molar-refractivity contribution in [2.24, 2.45) is 0 Å². The van der Waals surface area contributed by atoms with Gasteiger partial charge in [-0.05, 0) is 77.4 Å². The Morgan fingerprint density at radius 1 is 1.02 bits per heavy atom. The van der Waals surface area contributed by atoms with Crippen LogP contribution in [0.3, 0.4) is 0 Å². The van der Waals surface area contributed by atoms with E-state index in [-0.39, 0.29) is 30.1 Å². The van der Waals surface area contributed by atoms with E-state index in [2.05, 4.69) is 5.32 Å². The number of hydrazine groups is 1. The molecule has 10 heteroatoms. The Balaban J connectivity index is 1.49. The van der Waals surface area contributed by atoms with Crippen LogP contribution < -0.4 is 5.32 Å². The van der Waals surface area contributed by atoms with Crippen molar-refractivity contribution in [2.45, 2.75) is 50.7 Å². The third-order valence-corrected chi connectivity index (χ3v) is 7.69. The van der Waals surface area contributed by atoms with Crippen molar-refractivity contribution in [1.29, 1.82) is 0 Å². The molecule has 1 aliphatic heterocycles. The molecule has 1 aliphatic carbocycles. The SMILES string of the molecule is CCCCc1c(F)ccc2c1C(C(=O)N(CC(F)(F)F)N1CCC(NC(=O)c3ccccc3)C1)c1cc(F)ccc1-2. The van der Waals surface area contributed by atoms with E-state index in [4.69, 9.17) is 0 Å². The fourth-order valence-corrected chi connectivity index (χ4v) is 5.81. The third-order valence-electron chi connectivity index (χ3n) is 7.69. The van der Waals surface area contributed by atoms with Gasteiger partial charge >= 0.3 is 6.18 Å². The number of unbranched alkanes of at least 4 members (excludes halogenated alkanes) is 1. The Morgan fingerprint density at radius 3 is 2.46 bits per heavy atom. The quantitative estimate of drug-likeness (QED) is 0.326. The molecule has 1 N–H and O–H groups in total. The Morgan fingerprint density at radius 2 is 1.76 bits per heavy atom. The fraction of sp³-hybridized carbons (Fsp3) is 0.355. The number of amides is 2. The molecular weight excluding hydrogens is 541 g/mol. The molecular formula is C31H30F5N3O2. The highest BCUT2D eigenvalue weighted by molar-refractivity contribution is 5.97. The summed E-state index contributed by atoms with van der Waals surface area (Å²) >= 11 is 0. The number of hydrogen-bond acceptors (Lipinski definition) is 3. The number of nitrogens with zero attached hydrogens (tertiary/aromatic N) is 2. The minimum atomic E-state index is -4.74. The molecule has 0 saturated carbocycles. The van der Waals surface area contributed by atoms with E-state index in [1.54, 1.807) is 30.3 Å². The highest BCUT2D eigenvalue weighted by Crippen LogP contribution is 2.48. The van der Waals surface area contributed by atoms with E-state index in [0.29, 0.717) is 46.5 Å². The van der Waals surface area contributed by atoms with Gasteiger partial charge in [0.05, 0.1) is 5.92 Å². The second kappa shape index (κ2) is 11.6. The Kier molecular flexibility index (Phi) is 8.13. The van der Waals surface area contributed by atoms with Crippen LogP contribution in [0.25, 0.3) is 11.1 Å². The summed E-state index contributed by atoms with van der Waals surface area (Å²) in [6, 6.07) is 14.6. The number of carbonyl (C=O) groups excluding carboxylic acids is 2. The molecule has 2 atom stereocenters. The minimum Gasteiger partial charge on any atom is -0.348 e. The number of rotatable bonds is 8. The molecule has 2 amide bonds. The lowest BCUT2D eigenvalue weighted by molar-refractivity contribution is -0.189. The summed E-state index contributed by atoms with van der Waals surface area (Å²) in [7, 11) is 0. The zero-order chi connectivity index (χ0) is 29.3. The summed E-state index contributed by atoms with van der Waals surface area (Å²) < 4.78 is 71.3. The minimum absolute atomic E-state index is 0.0260. The number of carbonyl (C=O) groups is 2. The van der Waals surface area contributed by atoms with Crippen LogP contribution in [0, 0.1) is 11.6 Å². The van der Waals surface area contributed by atoms with Gasteiger partial charge in [-0.3, -0.25) is 14.6 Å². The molecule has 216 valence electrons. The van der Waals surface area contributed by atoms with Gasteiger partial charge in [0.2, 0.25) is 5.91 Å². The highest BCUT2D eigenvalue weighted by atomic mass is 19.4. The van der Waals surface area contributed by atoms with Gasteiger partial charge in [-0.1, -0.05) is 43.7 Å². The van der Waals surface area contributed by atoms with Gasteiger partial charge in [0, 0.05) is 24.7 Å². The van der Waals surface area contributed by atoms with Crippen LogP contribution in [-0.2, 0) is 11.2 Å². The van der Waals surface area contributed by atoms with Gasteiger partial charge in [-0.25, -0.2) is 13.8 Å². The molecule has 1 fully saturated rings. The first-order valence-electron chi connectivity index (χ1n) is 13.7. The molecule has 3 aromatic rings. The van der Waals surface area contributed by atoms with Crippen LogP contribution >= 0.6 is 0 Å². The number of fused-ring (bicyclic) bond motifs is 3. The number of hydrogen-bond donors (Lipinski definition) is 1. The maximum absolute atomic E-state index is 15.2. The smallest absolute Gasteiger partial charge is 0.348 e. The maximum Gasteiger partial charge on any atom is 0.407 e. The van der Waals surface area contributed by atoms with Crippen molar-refractivity contribution in [2.75, 3.05) is 19.6 Å². The Bertz CT molecular complexity index is 1440. The number of benzene rings is 3. The van der Waals surface area contributed by atoms with Crippen molar-refractivity contribution in [1.82, 2.24) is 15.3 Å². The molecule has 0 bridgehead atoms. The topological polar surface area (TPSA) is 52.7 Å². The monoisotopic (exact) mass is 571 g/mol. The highest BCUT2D eigenvalue weighted by Gasteiger charge is 2.45. The van der Waals surface area contributed by atoms with Gasteiger partial charge < -0.3 is 5.32 Å². The van der Waals surface area contributed by atoms with Gasteiger partial charge in [0.25, 0.3) is 5.91 Å². The predicted molar refractivity (Wildman–Crippen MR) is 144 cm³/mol. The van der Waals surface area contributed by atoms with Crippen molar-refractivity contribution >= 4 is 11.8 Å². The van der Waals surface area contributed by atoms with E-state index in [0.717, 1.165) is 12.5 Å². The van der Waals surface area contributed by atoms with Crippen LogP contribution in [0.15, 0.2) is 60.7 Å². The van der Waals surface area contributed by atoms with Crippen molar-refractivity contribution in [3.05, 3.63) is 94.6 Å². The first-order chi connectivity index (χ1) is 19.6. The average Bonchev–Trinajstić information content (AvgIpc) is 3.53. The third kappa shape index (κ3) is 5.98. The molecule has 0 spiro atoms. The van der Waals surface area contributed by atoms with E-state index < -0.39 is 42.2 Å². The molecule has 0 radical (unpaired) electrons. The van der Waals surface area contributed by atoms with Crippen LogP contribution in [-0.4, -0.2) is 53.7 Å². The van der Waals surface area contributed by atoms with Crippen LogP contribution in [0.1, 0.15) is 59.2 Å². The summed E-state index contributed by atoms with van der Waals surface area (Å²) in [6.07, 6.45) is -2.76. The van der Waals surface area contributed by atoms with E-state index >= 15 is 4.39 Å². The zero-order valence-corrected chi connectivity index (χ0v) is 22.5. The van der Waals surface area contributed by atoms with Gasteiger partial charge in [0.1, 0.15) is 18.2 Å². The lowest BCUT2D eigenvalue weighted by Gasteiger charge is -2.35. The molecule has 2 aliphatic rings. The number of nitrogens with one attached hydrogen (secondary N) is 1. The van der Waals surface area contributed by atoms with Crippen molar-refractivity contribution < 1.29 is 31.5 Å². The first kappa shape index (κ1) is 28.7. The lowest BCUT2D eigenvalue weighted by atomic mass is 9.89. The fourth-order valence-electron chi connectivity index (χ4n) is 5.81. The second-order valence-electron chi connectivity index (χ2n) is 10.5. The summed E-state index contributed by atoms with van der Waals surface area (Å²) in [5.41, 5.74) is 2.21. The van der Waals surface area contributed by atoms with Gasteiger partial charge in [0.15, 0.2) is 0 Å². The molecule has 1 saturated heterocycles. The van der Waals surface area contributed by atoms with Gasteiger partial charge in [-0.15, -0.1) is 0 Å². The summed E-state index contributed by atoms with van der Waals surface area (Å²) in [5, 5.41) is 4.77. The largest absolute Gasteiger partial charge is 0.407 e. The molecule has 3 aromatic carbocycles. The Labute approximate surface area is 234 Å².